The summed E-state index contributed by atoms with van der Waals surface area (Å²) >= 11 is 0. The van der Waals surface area contributed by atoms with Gasteiger partial charge in [0.2, 0.25) is 5.95 Å². The summed E-state index contributed by atoms with van der Waals surface area (Å²) in [6.45, 7) is 0.0511. The Morgan fingerprint density at radius 1 is 1.15 bits per heavy atom. The minimum absolute atomic E-state index is 0.0504. The number of ether oxygens (including phenoxy) is 1. The molecule has 0 aliphatic carbocycles. The first-order valence-electron chi connectivity index (χ1n) is 8.49. The Morgan fingerprint density at radius 3 is 2.56 bits per heavy atom. The lowest BCUT2D eigenvalue weighted by Crippen LogP contribution is -2.47. The van der Waals surface area contributed by atoms with E-state index in [9.17, 15) is 18.4 Å². The molecule has 0 saturated carbocycles. The molecule has 2 heterocycles. The normalized spacial score (nSPS) is 16.7. The third kappa shape index (κ3) is 4.96. The average Bonchev–Trinajstić information content (AvgIpc) is 2.66. The quantitative estimate of drug-likeness (QED) is 0.806. The Morgan fingerprint density at radius 2 is 1.85 bits per heavy atom. The van der Waals surface area contributed by atoms with Crippen LogP contribution >= 0.6 is 0 Å². The third-order valence-electron chi connectivity index (χ3n) is 4.08. The maximum Gasteiger partial charge on any atom is 0.329 e. The molecule has 3 rings (SSSR count). The van der Waals surface area contributed by atoms with E-state index in [1.54, 1.807) is 23.4 Å². The van der Waals surface area contributed by atoms with Crippen LogP contribution in [0.15, 0.2) is 36.7 Å². The molecule has 1 N–H and O–H groups in total. The van der Waals surface area contributed by atoms with Crippen LogP contribution in [0.25, 0.3) is 0 Å². The number of carbonyl (C=O) groups is 2. The molecule has 0 radical (unpaired) electrons. The van der Waals surface area contributed by atoms with Crippen LogP contribution in [0.5, 0.6) is 0 Å². The SMILES string of the molecule is O=C(COC(=O)C1CCCCN1c1ncccn1)Nc1cc(F)cc(F)c1. The monoisotopic (exact) mass is 376 g/mol. The summed E-state index contributed by atoms with van der Waals surface area (Å²) in [5.74, 6) is -2.46. The Kier molecular flexibility index (Phi) is 5.90. The standard InChI is InChI=1S/C18H18F2N4O3/c19-12-8-13(20)10-14(9-12)23-16(25)11-27-17(26)15-4-1-2-7-24(15)18-21-5-3-6-22-18/h3,5-6,8-10,15H,1-2,4,7,11H2,(H,23,25). The molecule has 9 heteroatoms. The predicted molar refractivity (Wildman–Crippen MR) is 93.0 cm³/mol. The third-order valence-corrected chi connectivity index (χ3v) is 4.08. The van der Waals surface area contributed by atoms with E-state index in [0.29, 0.717) is 25.0 Å². The number of nitrogens with zero attached hydrogens (tertiary/aromatic N) is 3. The summed E-state index contributed by atoms with van der Waals surface area (Å²) in [7, 11) is 0. The van der Waals surface area contributed by atoms with Gasteiger partial charge in [0.1, 0.15) is 17.7 Å². The Hall–Kier alpha value is -3.10. The molecule has 2 aromatic rings. The van der Waals surface area contributed by atoms with Gasteiger partial charge in [-0.1, -0.05) is 0 Å². The molecule has 142 valence electrons. The van der Waals surface area contributed by atoms with Crippen molar-refractivity contribution in [2.24, 2.45) is 0 Å². The van der Waals surface area contributed by atoms with Crippen LogP contribution in [0.3, 0.4) is 0 Å². The second kappa shape index (κ2) is 8.52. The van der Waals surface area contributed by atoms with Gasteiger partial charge < -0.3 is 15.0 Å². The van der Waals surface area contributed by atoms with Crippen molar-refractivity contribution in [2.75, 3.05) is 23.4 Å². The molecule has 1 fully saturated rings. The lowest BCUT2D eigenvalue weighted by Gasteiger charge is -2.33. The highest BCUT2D eigenvalue weighted by atomic mass is 19.1. The fourth-order valence-corrected chi connectivity index (χ4v) is 2.91. The van der Waals surface area contributed by atoms with Gasteiger partial charge in [0.05, 0.1) is 0 Å². The molecular weight excluding hydrogens is 358 g/mol. The summed E-state index contributed by atoms with van der Waals surface area (Å²) in [5.41, 5.74) is -0.0504. The zero-order chi connectivity index (χ0) is 19.2. The number of halogens is 2. The van der Waals surface area contributed by atoms with Crippen molar-refractivity contribution in [2.45, 2.75) is 25.3 Å². The van der Waals surface area contributed by atoms with Crippen LogP contribution in [-0.4, -0.2) is 41.0 Å². The molecule has 0 spiro atoms. The summed E-state index contributed by atoms with van der Waals surface area (Å²) in [6, 6.07) is 3.73. The minimum atomic E-state index is -0.817. The van der Waals surface area contributed by atoms with Crippen molar-refractivity contribution in [1.82, 2.24) is 9.97 Å². The average molecular weight is 376 g/mol. The number of hydrogen-bond donors (Lipinski definition) is 1. The van der Waals surface area contributed by atoms with Crippen LogP contribution in [0.4, 0.5) is 20.4 Å². The van der Waals surface area contributed by atoms with Crippen LogP contribution in [0.2, 0.25) is 0 Å². The molecule has 0 bridgehead atoms. The van der Waals surface area contributed by atoms with Crippen LogP contribution in [-0.2, 0) is 14.3 Å². The Balaban J connectivity index is 1.58. The zero-order valence-corrected chi connectivity index (χ0v) is 14.4. The van der Waals surface area contributed by atoms with Crippen molar-refractivity contribution >= 4 is 23.5 Å². The number of anilines is 2. The van der Waals surface area contributed by atoms with Gasteiger partial charge in [-0.3, -0.25) is 4.79 Å². The van der Waals surface area contributed by atoms with Crippen molar-refractivity contribution in [3.63, 3.8) is 0 Å². The summed E-state index contributed by atoms with van der Waals surface area (Å²) in [5, 5.41) is 2.29. The predicted octanol–water partition coefficient (Wildman–Crippen LogP) is 2.30. The number of carbonyl (C=O) groups excluding carboxylic acids is 2. The summed E-state index contributed by atoms with van der Waals surface area (Å²) in [4.78, 5) is 34.4. The number of nitrogens with one attached hydrogen (secondary N) is 1. The van der Waals surface area contributed by atoms with Gasteiger partial charge in [-0.15, -0.1) is 0 Å². The number of aromatic nitrogens is 2. The molecule has 7 nitrogen and oxygen atoms in total. The highest BCUT2D eigenvalue weighted by molar-refractivity contribution is 5.93. The topological polar surface area (TPSA) is 84.4 Å². The Bertz CT molecular complexity index is 799. The molecule has 1 atom stereocenters. The molecule has 1 amide bonds. The number of esters is 1. The van der Waals surface area contributed by atoms with Crippen molar-refractivity contribution < 1.29 is 23.1 Å². The number of benzene rings is 1. The summed E-state index contributed by atoms with van der Waals surface area (Å²) in [6.07, 6.45) is 5.48. The van der Waals surface area contributed by atoms with Gasteiger partial charge in [-0.25, -0.2) is 23.5 Å². The fraction of sp³-hybridized carbons (Fsp3) is 0.333. The molecule has 1 aliphatic heterocycles. The highest BCUT2D eigenvalue weighted by Gasteiger charge is 2.32. The van der Waals surface area contributed by atoms with Gasteiger partial charge in [-0.2, -0.15) is 0 Å². The lowest BCUT2D eigenvalue weighted by molar-refractivity contribution is -0.149. The first-order valence-corrected chi connectivity index (χ1v) is 8.49. The molecule has 27 heavy (non-hydrogen) atoms. The van der Waals surface area contributed by atoms with E-state index in [-0.39, 0.29) is 5.69 Å². The number of hydrogen-bond acceptors (Lipinski definition) is 6. The maximum atomic E-state index is 13.1. The number of amides is 1. The zero-order valence-electron chi connectivity index (χ0n) is 14.4. The van der Waals surface area contributed by atoms with E-state index in [0.717, 1.165) is 25.0 Å². The fourth-order valence-electron chi connectivity index (χ4n) is 2.91. The molecule has 1 aromatic carbocycles. The second-order valence-corrected chi connectivity index (χ2v) is 6.07. The van der Waals surface area contributed by atoms with Crippen LogP contribution < -0.4 is 10.2 Å². The largest absolute Gasteiger partial charge is 0.454 e. The highest BCUT2D eigenvalue weighted by Crippen LogP contribution is 2.22. The van der Waals surface area contributed by atoms with E-state index >= 15 is 0 Å². The van der Waals surface area contributed by atoms with Gasteiger partial charge in [0.15, 0.2) is 6.61 Å². The first kappa shape index (κ1) is 18.7. The molecular formula is C18H18F2N4O3. The second-order valence-electron chi connectivity index (χ2n) is 6.07. The van der Waals surface area contributed by atoms with Crippen LogP contribution in [0, 0.1) is 11.6 Å². The Labute approximate surface area is 154 Å². The smallest absolute Gasteiger partial charge is 0.329 e. The molecule has 1 aliphatic rings. The minimum Gasteiger partial charge on any atom is -0.454 e. The van der Waals surface area contributed by atoms with Crippen molar-refractivity contribution in [1.29, 1.82) is 0 Å². The van der Waals surface area contributed by atoms with E-state index in [1.165, 1.54) is 0 Å². The van der Waals surface area contributed by atoms with Gasteiger partial charge in [-0.05, 0) is 37.5 Å². The number of piperidine rings is 1. The van der Waals surface area contributed by atoms with E-state index in [2.05, 4.69) is 15.3 Å². The van der Waals surface area contributed by atoms with Crippen molar-refractivity contribution in [3.05, 3.63) is 48.3 Å². The van der Waals surface area contributed by atoms with E-state index in [4.69, 9.17) is 4.74 Å². The lowest BCUT2D eigenvalue weighted by atomic mass is 10.0. The van der Waals surface area contributed by atoms with Gasteiger partial charge >= 0.3 is 5.97 Å². The van der Waals surface area contributed by atoms with Crippen LogP contribution in [0.1, 0.15) is 19.3 Å². The van der Waals surface area contributed by atoms with Gasteiger partial charge in [0, 0.05) is 30.7 Å². The first-order chi connectivity index (χ1) is 13.0. The molecule has 1 unspecified atom stereocenters. The maximum absolute atomic E-state index is 13.1. The van der Waals surface area contributed by atoms with Crippen molar-refractivity contribution in [3.8, 4) is 0 Å². The van der Waals surface area contributed by atoms with E-state index < -0.39 is 36.2 Å². The van der Waals surface area contributed by atoms with Gasteiger partial charge in [0.25, 0.3) is 5.91 Å². The summed E-state index contributed by atoms with van der Waals surface area (Å²) < 4.78 is 31.4. The molecule has 1 saturated heterocycles. The molecule has 1 aromatic heterocycles. The van der Waals surface area contributed by atoms with E-state index in [1.807, 2.05) is 0 Å². The number of rotatable bonds is 5.